The SMILES string of the molecule is CC1CCN(C(=O)OC(C)(C)C)C(CC(=O)c2ccc(Br)o2)C1. The van der Waals surface area contributed by atoms with E-state index in [0.29, 0.717) is 22.9 Å². The Labute approximate surface area is 145 Å². The standard InChI is InChI=1S/C17H24BrNO4/c1-11-7-8-19(16(21)23-17(2,3)4)12(9-11)10-13(20)14-5-6-15(18)22-14/h5-6,11-12H,7-10H2,1-4H3. The van der Waals surface area contributed by atoms with Crippen LogP contribution in [0.1, 0.15) is 57.5 Å². The number of likely N-dealkylation sites (tertiary alicyclic amines) is 1. The molecular formula is C17H24BrNO4. The molecule has 2 rings (SSSR count). The van der Waals surface area contributed by atoms with Gasteiger partial charge in [0.1, 0.15) is 5.60 Å². The maximum Gasteiger partial charge on any atom is 0.410 e. The minimum absolute atomic E-state index is 0.0941. The lowest BCUT2D eigenvalue weighted by atomic mass is 9.89. The Kier molecular flexibility index (Phi) is 5.55. The molecule has 6 heteroatoms. The second-order valence-corrected chi connectivity index (χ2v) is 7.97. The number of nitrogens with zero attached hydrogens (tertiary/aromatic N) is 1. The van der Waals surface area contributed by atoms with Crippen LogP contribution >= 0.6 is 15.9 Å². The van der Waals surface area contributed by atoms with Crippen molar-refractivity contribution in [3.63, 3.8) is 0 Å². The van der Waals surface area contributed by atoms with Crippen molar-refractivity contribution in [2.45, 2.75) is 58.6 Å². The van der Waals surface area contributed by atoms with E-state index in [2.05, 4.69) is 22.9 Å². The summed E-state index contributed by atoms with van der Waals surface area (Å²) in [5.41, 5.74) is -0.541. The number of Topliss-reactive ketones (excluding diaryl/α,β-unsaturated/α-hetero) is 1. The van der Waals surface area contributed by atoms with Gasteiger partial charge in [0.2, 0.25) is 0 Å². The molecule has 5 nitrogen and oxygen atoms in total. The van der Waals surface area contributed by atoms with Gasteiger partial charge in [-0.05, 0) is 67.6 Å². The van der Waals surface area contributed by atoms with Gasteiger partial charge in [-0.3, -0.25) is 4.79 Å². The molecule has 2 unspecified atom stereocenters. The van der Waals surface area contributed by atoms with Crippen LogP contribution in [0.5, 0.6) is 0 Å². The van der Waals surface area contributed by atoms with Crippen LogP contribution in [0.15, 0.2) is 21.2 Å². The number of ketones is 1. The number of ether oxygens (including phenoxy) is 1. The number of hydrogen-bond acceptors (Lipinski definition) is 4. The van der Waals surface area contributed by atoms with E-state index in [1.165, 1.54) is 0 Å². The Morgan fingerprint density at radius 1 is 1.39 bits per heavy atom. The van der Waals surface area contributed by atoms with Crippen LogP contribution in [-0.2, 0) is 4.74 Å². The van der Waals surface area contributed by atoms with E-state index in [0.717, 1.165) is 12.8 Å². The van der Waals surface area contributed by atoms with Gasteiger partial charge in [-0.15, -0.1) is 0 Å². The molecule has 0 radical (unpaired) electrons. The van der Waals surface area contributed by atoms with Crippen molar-refractivity contribution in [2.75, 3.05) is 6.54 Å². The summed E-state index contributed by atoms with van der Waals surface area (Å²) >= 11 is 3.20. The summed E-state index contributed by atoms with van der Waals surface area (Å²) < 4.78 is 11.3. The van der Waals surface area contributed by atoms with Gasteiger partial charge in [0.05, 0.1) is 0 Å². The van der Waals surface area contributed by atoms with Crippen molar-refractivity contribution in [3.05, 3.63) is 22.6 Å². The maximum absolute atomic E-state index is 12.4. The van der Waals surface area contributed by atoms with E-state index in [1.807, 2.05) is 20.8 Å². The molecule has 1 aliphatic heterocycles. The van der Waals surface area contributed by atoms with E-state index in [1.54, 1.807) is 17.0 Å². The van der Waals surface area contributed by atoms with Crippen LogP contribution in [0, 0.1) is 5.92 Å². The zero-order valence-corrected chi connectivity index (χ0v) is 15.7. The first-order chi connectivity index (χ1) is 10.7. The predicted molar refractivity (Wildman–Crippen MR) is 90.5 cm³/mol. The normalized spacial score (nSPS) is 22.0. The summed E-state index contributed by atoms with van der Waals surface area (Å²) in [7, 11) is 0. The van der Waals surface area contributed by atoms with Gasteiger partial charge in [-0.2, -0.15) is 0 Å². The number of halogens is 1. The summed E-state index contributed by atoms with van der Waals surface area (Å²) in [5.74, 6) is 0.706. The quantitative estimate of drug-likeness (QED) is 0.710. The molecule has 0 spiro atoms. The Bertz CT molecular complexity index is 575. The van der Waals surface area contributed by atoms with Crippen LogP contribution < -0.4 is 0 Å². The molecule has 0 aliphatic carbocycles. The molecule has 1 fully saturated rings. The van der Waals surface area contributed by atoms with Gasteiger partial charge in [0, 0.05) is 19.0 Å². The predicted octanol–water partition coefficient (Wildman–Crippen LogP) is 4.65. The van der Waals surface area contributed by atoms with Crippen molar-refractivity contribution in [1.82, 2.24) is 4.90 Å². The fourth-order valence-corrected chi connectivity index (χ4v) is 3.09. The first-order valence-corrected chi connectivity index (χ1v) is 8.73. The molecule has 1 amide bonds. The van der Waals surface area contributed by atoms with Crippen LogP contribution in [0.2, 0.25) is 0 Å². The summed E-state index contributed by atoms with van der Waals surface area (Å²) in [5, 5.41) is 0. The Balaban J connectivity index is 2.08. The molecule has 2 heterocycles. The summed E-state index contributed by atoms with van der Waals surface area (Å²) in [4.78, 5) is 26.5. The van der Waals surface area contributed by atoms with Crippen molar-refractivity contribution in [1.29, 1.82) is 0 Å². The Hall–Kier alpha value is -1.30. The third-order valence-corrected chi connectivity index (χ3v) is 4.30. The average molecular weight is 386 g/mol. The molecular weight excluding hydrogens is 362 g/mol. The van der Waals surface area contributed by atoms with Gasteiger partial charge in [0.25, 0.3) is 0 Å². The van der Waals surface area contributed by atoms with E-state index >= 15 is 0 Å². The molecule has 1 aromatic rings. The van der Waals surface area contributed by atoms with Crippen molar-refractivity contribution < 1.29 is 18.7 Å². The van der Waals surface area contributed by atoms with Gasteiger partial charge in [-0.1, -0.05) is 6.92 Å². The molecule has 0 N–H and O–H groups in total. The van der Waals surface area contributed by atoms with Gasteiger partial charge in [0.15, 0.2) is 16.2 Å². The van der Waals surface area contributed by atoms with Gasteiger partial charge in [-0.25, -0.2) is 4.79 Å². The average Bonchev–Trinajstić information content (AvgIpc) is 2.83. The number of rotatable bonds is 3. The van der Waals surface area contributed by atoms with Crippen LogP contribution in [0.3, 0.4) is 0 Å². The van der Waals surface area contributed by atoms with Crippen molar-refractivity contribution in [2.24, 2.45) is 5.92 Å². The Morgan fingerprint density at radius 3 is 2.65 bits per heavy atom. The molecule has 2 atom stereocenters. The first kappa shape index (κ1) is 18.0. The molecule has 0 aromatic carbocycles. The molecule has 23 heavy (non-hydrogen) atoms. The van der Waals surface area contributed by atoms with Crippen molar-refractivity contribution in [3.8, 4) is 0 Å². The minimum atomic E-state index is -0.541. The first-order valence-electron chi connectivity index (χ1n) is 7.94. The number of piperidine rings is 1. The number of carbonyl (C=O) groups is 2. The molecule has 1 aliphatic rings. The fourth-order valence-electron chi connectivity index (χ4n) is 2.78. The minimum Gasteiger partial charge on any atom is -0.446 e. The molecule has 0 saturated carbocycles. The van der Waals surface area contributed by atoms with Gasteiger partial charge < -0.3 is 14.1 Å². The van der Waals surface area contributed by atoms with Gasteiger partial charge >= 0.3 is 6.09 Å². The number of furan rings is 1. The second kappa shape index (κ2) is 7.07. The van der Waals surface area contributed by atoms with E-state index in [9.17, 15) is 9.59 Å². The second-order valence-electron chi connectivity index (χ2n) is 7.19. The van der Waals surface area contributed by atoms with E-state index < -0.39 is 5.60 Å². The van der Waals surface area contributed by atoms with Crippen LogP contribution in [0.25, 0.3) is 0 Å². The highest BCUT2D eigenvalue weighted by atomic mass is 79.9. The number of carbonyl (C=O) groups excluding carboxylic acids is 2. The van der Waals surface area contributed by atoms with Crippen LogP contribution in [0.4, 0.5) is 4.79 Å². The largest absolute Gasteiger partial charge is 0.446 e. The highest BCUT2D eigenvalue weighted by Gasteiger charge is 2.34. The monoisotopic (exact) mass is 385 g/mol. The topological polar surface area (TPSA) is 59.8 Å². The summed E-state index contributed by atoms with van der Waals surface area (Å²) in [6.07, 6.45) is 1.63. The fraction of sp³-hybridized carbons (Fsp3) is 0.647. The highest BCUT2D eigenvalue weighted by molar-refractivity contribution is 9.10. The summed E-state index contributed by atoms with van der Waals surface area (Å²) in [6, 6.07) is 3.20. The Morgan fingerprint density at radius 2 is 2.09 bits per heavy atom. The van der Waals surface area contributed by atoms with E-state index in [4.69, 9.17) is 9.15 Å². The zero-order valence-electron chi connectivity index (χ0n) is 14.1. The lowest BCUT2D eigenvalue weighted by Crippen LogP contribution is -2.48. The third kappa shape index (κ3) is 5.09. The molecule has 0 bridgehead atoms. The van der Waals surface area contributed by atoms with Crippen LogP contribution in [-0.4, -0.2) is 35.0 Å². The maximum atomic E-state index is 12.4. The molecule has 128 valence electrons. The lowest BCUT2D eigenvalue weighted by molar-refractivity contribution is 0.00501. The number of amides is 1. The molecule has 1 aromatic heterocycles. The molecule has 1 saturated heterocycles. The summed E-state index contributed by atoms with van der Waals surface area (Å²) in [6.45, 7) is 8.30. The van der Waals surface area contributed by atoms with Crippen molar-refractivity contribution >= 4 is 27.8 Å². The van der Waals surface area contributed by atoms with E-state index in [-0.39, 0.29) is 24.3 Å². The lowest BCUT2D eigenvalue weighted by Gasteiger charge is -2.38. The highest BCUT2D eigenvalue weighted by Crippen LogP contribution is 2.28. The number of hydrogen-bond donors (Lipinski definition) is 0. The third-order valence-electron chi connectivity index (χ3n) is 3.88. The zero-order chi connectivity index (χ0) is 17.2. The smallest absolute Gasteiger partial charge is 0.410 e.